The SMILES string of the molecule is Nc1cccc(C2=NO[C@H]3C[C@@H]23)c1. The van der Waals surface area contributed by atoms with Gasteiger partial charge in [-0.15, -0.1) is 0 Å². The molecule has 1 saturated carbocycles. The van der Waals surface area contributed by atoms with Crippen LogP contribution in [0.25, 0.3) is 0 Å². The number of benzene rings is 1. The van der Waals surface area contributed by atoms with Crippen molar-refractivity contribution in [2.24, 2.45) is 11.1 Å². The van der Waals surface area contributed by atoms with Gasteiger partial charge < -0.3 is 10.6 Å². The molecule has 2 atom stereocenters. The van der Waals surface area contributed by atoms with Crippen molar-refractivity contribution in [3.8, 4) is 0 Å². The van der Waals surface area contributed by atoms with E-state index >= 15 is 0 Å². The van der Waals surface area contributed by atoms with Gasteiger partial charge in [-0.05, 0) is 18.6 Å². The molecule has 0 spiro atoms. The maximum absolute atomic E-state index is 5.69. The third-order valence-electron chi connectivity index (χ3n) is 2.55. The molecule has 0 radical (unpaired) electrons. The number of nitrogen functional groups attached to an aromatic ring is 1. The Kier molecular flexibility index (Phi) is 1.20. The number of nitrogens with two attached hydrogens (primary N) is 1. The number of hydrogen-bond acceptors (Lipinski definition) is 3. The molecule has 66 valence electrons. The fraction of sp³-hybridized carbons (Fsp3) is 0.300. The van der Waals surface area contributed by atoms with E-state index in [1.54, 1.807) is 0 Å². The first kappa shape index (κ1) is 6.95. The summed E-state index contributed by atoms with van der Waals surface area (Å²) in [5, 5.41) is 4.04. The highest BCUT2D eigenvalue weighted by Gasteiger charge is 2.48. The maximum Gasteiger partial charge on any atom is 0.136 e. The molecule has 0 amide bonds. The molecule has 0 saturated heterocycles. The lowest BCUT2D eigenvalue weighted by Crippen LogP contribution is -2.02. The van der Waals surface area contributed by atoms with E-state index < -0.39 is 0 Å². The van der Waals surface area contributed by atoms with Crippen LogP contribution in [0.15, 0.2) is 29.4 Å². The van der Waals surface area contributed by atoms with Gasteiger partial charge in [0.25, 0.3) is 0 Å². The van der Waals surface area contributed by atoms with E-state index in [2.05, 4.69) is 5.16 Å². The molecule has 2 N–H and O–H groups in total. The molecule has 3 heteroatoms. The van der Waals surface area contributed by atoms with Gasteiger partial charge in [-0.1, -0.05) is 17.3 Å². The van der Waals surface area contributed by atoms with Crippen molar-refractivity contribution in [3.63, 3.8) is 0 Å². The molecule has 0 unspecified atom stereocenters. The third-order valence-corrected chi connectivity index (χ3v) is 2.55. The normalized spacial score (nSPS) is 29.1. The van der Waals surface area contributed by atoms with Gasteiger partial charge in [0.15, 0.2) is 0 Å². The highest BCUT2D eigenvalue weighted by atomic mass is 16.7. The number of rotatable bonds is 1. The number of hydrogen-bond donors (Lipinski definition) is 1. The minimum atomic E-state index is 0.358. The van der Waals surface area contributed by atoms with Gasteiger partial charge in [0.05, 0.1) is 5.71 Å². The minimum absolute atomic E-state index is 0.358. The molecule has 1 aliphatic heterocycles. The van der Waals surface area contributed by atoms with Gasteiger partial charge >= 0.3 is 0 Å². The van der Waals surface area contributed by atoms with Gasteiger partial charge in [-0.25, -0.2) is 0 Å². The smallest absolute Gasteiger partial charge is 0.136 e. The Hall–Kier alpha value is -1.51. The van der Waals surface area contributed by atoms with Crippen LogP contribution in [0.4, 0.5) is 5.69 Å². The number of fused-ring (bicyclic) bond motifs is 1. The van der Waals surface area contributed by atoms with E-state index in [0.717, 1.165) is 23.4 Å². The van der Waals surface area contributed by atoms with E-state index in [9.17, 15) is 0 Å². The summed E-state index contributed by atoms with van der Waals surface area (Å²) in [5.41, 5.74) is 8.64. The van der Waals surface area contributed by atoms with E-state index in [1.165, 1.54) is 0 Å². The summed E-state index contributed by atoms with van der Waals surface area (Å²) in [6, 6.07) is 7.80. The van der Waals surface area contributed by atoms with Crippen LogP contribution in [-0.4, -0.2) is 11.8 Å². The van der Waals surface area contributed by atoms with Crippen LogP contribution in [-0.2, 0) is 4.84 Å². The maximum atomic E-state index is 5.69. The molecule has 3 rings (SSSR count). The summed E-state index contributed by atoms with van der Waals surface area (Å²) < 4.78 is 0. The van der Waals surface area contributed by atoms with Crippen LogP contribution in [0.2, 0.25) is 0 Å². The summed E-state index contributed by atoms with van der Waals surface area (Å²) in [7, 11) is 0. The average molecular weight is 174 g/mol. The molecule has 2 aliphatic rings. The molecule has 0 aromatic heterocycles. The molecule has 13 heavy (non-hydrogen) atoms. The van der Waals surface area contributed by atoms with Crippen molar-refractivity contribution in [2.45, 2.75) is 12.5 Å². The highest BCUT2D eigenvalue weighted by molar-refractivity contribution is 6.05. The molecular formula is C10H10N2O. The summed E-state index contributed by atoms with van der Waals surface area (Å²) in [6.45, 7) is 0. The average Bonchev–Trinajstić information content (AvgIpc) is 2.78. The zero-order valence-electron chi connectivity index (χ0n) is 7.10. The van der Waals surface area contributed by atoms with Gasteiger partial charge in [-0.3, -0.25) is 0 Å². The van der Waals surface area contributed by atoms with E-state index in [-0.39, 0.29) is 0 Å². The first-order valence-electron chi connectivity index (χ1n) is 4.44. The van der Waals surface area contributed by atoms with Crippen LogP contribution in [0.3, 0.4) is 0 Å². The second-order valence-electron chi connectivity index (χ2n) is 3.59. The van der Waals surface area contributed by atoms with Crippen molar-refractivity contribution < 1.29 is 4.84 Å². The Morgan fingerprint density at radius 3 is 3.00 bits per heavy atom. The minimum Gasteiger partial charge on any atom is -0.399 e. The molecule has 1 aromatic carbocycles. The van der Waals surface area contributed by atoms with Gasteiger partial charge in [0.1, 0.15) is 6.10 Å². The summed E-state index contributed by atoms with van der Waals surface area (Å²) in [5.74, 6) is 0.529. The number of oxime groups is 1. The van der Waals surface area contributed by atoms with Crippen LogP contribution in [0.1, 0.15) is 12.0 Å². The molecule has 1 fully saturated rings. The van der Waals surface area contributed by atoms with Gasteiger partial charge in [0.2, 0.25) is 0 Å². The van der Waals surface area contributed by atoms with Crippen molar-refractivity contribution >= 4 is 11.4 Å². The fourth-order valence-electron chi connectivity index (χ4n) is 1.73. The highest BCUT2D eigenvalue weighted by Crippen LogP contribution is 2.42. The quantitative estimate of drug-likeness (QED) is 0.654. The molecule has 0 bridgehead atoms. The van der Waals surface area contributed by atoms with Gasteiger partial charge in [-0.2, -0.15) is 0 Å². The van der Waals surface area contributed by atoms with E-state index in [1.807, 2.05) is 24.3 Å². The number of anilines is 1. The van der Waals surface area contributed by atoms with Crippen molar-refractivity contribution in [2.75, 3.05) is 5.73 Å². The first-order valence-corrected chi connectivity index (χ1v) is 4.44. The Labute approximate surface area is 76.2 Å². The molecule has 1 aromatic rings. The lowest BCUT2D eigenvalue weighted by atomic mass is 10.1. The van der Waals surface area contributed by atoms with E-state index in [0.29, 0.717) is 12.0 Å². The summed E-state index contributed by atoms with van der Waals surface area (Å²) >= 11 is 0. The van der Waals surface area contributed by atoms with Crippen LogP contribution < -0.4 is 5.73 Å². The second kappa shape index (κ2) is 2.25. The van der Waals surface area contributed by atoms with Crippen molar-refractivity contribution in [3.05, 3.63) is 29.8 Å². The zero-order chi connectivity index (χ0) is 8.84. The summed E-state index contributed by atoms with van der Waals surface area (Å²) in [6.07, 6.45) is 1.48. The van der Waals surface area contributed by atoms with Crippen LogP contribution in [0, 0.1) is 5.92 Å². The topological polar surface area (TPSA) is 47.6 Å². The largest absolute Gasteiger partial charge is 0.399 e. The predicted octanol–water partition coefficient (Wildman–Crippen LogP) is 1.39. The Bertz CT molecular complexity index is 386. The van der Waals surface area contributed by atoms with Gasteiger partial charge in [0, 0.05) is 17.2 Å². The zero-order valence-corrected chi connectivity index (χ0v) is 7.10. The van der Waals surface area contributed by atoms with Crippen molar-refractivity contribution in [1.29, 1.82) is 0 Å². The Balaban J connectivity index is 2.00. The fourth-order valence-corrected chi connectivity index (χ4v) is 1.73. The number of nitrogens with zero attached hydrogens (tertiary/aromatic N) is 1. The van der Waals surface area contributed by atoms with Crippen LogP contribution in [0.5, 0.6) is 0 Å². The second-order valence-corrected chi connectivity index (χ2v) is 3.59. The Morgan fingerprint density at radius 2 is 2.38 bits per heavy atom. The lowest BCUT2D eigenvalue weighted by molar-refractivity contribution is 0.140. The standard InChI is InChI=1S/C10H10N2O/c11-7-3-1-2-6(4-7)10-8-5-9(8)13-12-10/h1-4,8-9H,5,11H2/t8-,9+/m1/s1. The molecular weight excluding hydrogens is 164 g/mol. The molecule has 1 heterocycles. The first-order chi connectivity index (χ1) is 6.34. The molecule has 3 nitrogen and oxygen atoms in total. The molecule has 1 aliphatic carbocycles. The summed E-state index contributed by atoms with van der Waals surface area (Å²) in [4.78, 5) is 5.18. The van der Waals surface area contributed by atoms with Crippen molar-refractivity contribution in [1.82, 2.24) is 0 Å². The third kappa shape index (κ3) is 1.00. The predicted molar refractivity (Wildman–Crippen MR) is 50.4 cm³/mol. The van der Waals surface area contributed by atoms with E-state index in [4.69, 9.17) is 10.6 Å². The lowest BCUT2D eigenvalue weighted by Gasteiger charge is -2.00. The van der Waals surface area contributed by atoms with Crippen LogP contribution >= 0.6 is 0 Å². The monoisotopic (exact) mass is 174 g/mol. The Morgan fingerprint density at radius 1 is 1.46 bits per heavy atom.